The van der Waals surface area contributed by atoms with Crippen molar-refractivity contribution >= 4 is 0 Å². The summed E-state index contributed by atoms with van der Waals surface area (Å²) in [6, 6.07) is 0. The number of hydrogen-bond donors (Lipinski definition) is 1. The van der Waals surface area contributed by atoms with Gasteiger partial charge < -0.3 is 5.11 Å². The highest BCUT2D eigenvalue weighted by Crippen LogP contribution is 2.66. The van der Waals surface area contributed by atoms with Gasteiger partial charge in [-0.05, 0) is 91.3 Å². The minimum absolute atomic E-state index is 0.108. The Hall–Kier alpha value is -0.560. The minimum Gasteiger partial charge on any atom is -0.393 e. The second kappa shape index (κ2) is 7.85. The van der Waals surface area contributed by atoms with Crippen molar-refractivity contribution in [3.8, 4) is 0 Å². The molecule has 0 aromatic carbocycles. The first kappa shape index (κ1) is 21.7. The van der Waals surface area contributed by atoms with Crippen LogP contribution in [0, 0.1) is 46.3 Å². The monoisotopic (exact) mass is 398 g/mol. The van der Waals surface area contributed by atoms with Gasteiger partial charge in [-0.3, -0.25) is 0 Å². The zero-order valence-electron chi connectivity index (χ0n) is 20.0. The van der Waals surface area contributed by atoms with Gasteiger partial charge in [0.25, 0.3) is 0 Å². The van der Waals surface area contributed by atoms with E-state index >= 15 is 0 Å². The molecule has 4 aliphatic rings. The quantitative estimate of drug-likeness (QED) is 0.506. The first-order chi connectivity index (χ1) is 13.7. The maximum Gasteiger partial charge on any atom is 0.0578 e. The smallest absolute Gasteiger partial charge is 0.0578 e. The SMILES string of the molecule is CC(C)C(C)CC[C@@H](C)C1CCC2C3=CC=C4CC(O)CCC4(C)C3CCC21C. The molecule has 4 rings (SSSR count). The van der Waals surface area contributed by atoms with Gasteiger partial charge in [-0.15, -0.1) is 0 Å². The van der Waals surface area contributed by atoms with Gasteiger partial charge >= 0.3 is 0 Å². The van der Waals surface area contributed by atoms with Crippen LogP contribution < -0.4 is 0 Å². The molecule has 1 N–H and O–H groups in total. The summed E-state index contributed by atoms with van der Waals surface area (Å²) < 4.78 is 0. The van der Waals surface area contributed by atoms with Crippen molar-refractivity contribution in [3.05, 3.63) is 23.3 Å². The molecule has 8 atom stereocenters. The maximum absolute atomic E-state index is 10.2. The summed E-state index contributed by atoms with van der Waals surface area (Å²) >= 11 is 0. The normalized spacial score (nSPS) is 43.7. The Balaban J connectivity index is 1.52. The number of rotatable bonds is 5. The van der Waals surface area contributed by atoms with E-state index < -0.39 is 0 Å². The van der Waals surface area contributed by atoms with Crippen molar-refractivity contribution in [2.75, 3.05) is 0 Å². The first-order valence-corrected chi connectivity index (χ1v) is 12.8. The van der Waals surface area contributed by atoms with E-state index in [1.165, 1.54) is 44.9 Å². The molecule has 4 aliphatic carbocycles. The third-order valence-electron chi connectivity index (χ3n) is 10.5. The van der Waals surface area contributed by atoms with E-state index in [-0.39, 0.29) is 6.10 Å². The summed E-state index contributed by atoms with van der Waals surface area (Å²) in [5.41, 5.74) is 4.17. The van der Waals surface area contributed by atoms with E-state index in [1.54, 1.807) is 11.1 Å². The first-order valence-electron chi connectivity index (χ1n) is 12.8. The minimum atomic E-state index is -0.108. The van der Waals surface area contributed by atoms with Gasteiger partial charge in [-0.1, -0.05) is 77.7 Å². The molecule has 0 radical (unpaired) electrons. The number of allylic oxidation sites excluding steroid dienone is 3. The van der Waals surface area contributed by atoms with Crippen LogP contribution in [0.25, 0.3) is 0 Å². The van der Waals surface area contributed by atoms with Gasteiger partial charge in [-0.25, -0.2) is 0 Å². The standard InChI is InChI=1S/C28H46O/c1-18(2)19(3)7-8-20(4)24-11-12-25-23-10-9-21-17-22(29)13-15-27(21,5)26(23)14-16-28(24,25)6/h9-10,18-20,22,24-26,29H,7-8,11-17H2,1-6H3/t19?,20-,22?,24?,25?,26?,27?,28?/m1/s1. The Morgan fingerprint density at radius 1 is 0.931 bits per heavy atom. The fourth-order valence-electron chi connectivity index (χ4n) is 8.02. The van der Waals surface area contributed by atoms with Crippen molar-refractivity contribution in [2.24, 2.45) is 46.3 Å². The van der Waals surface area contributed by atoms with Crippen LogP contribution in [0.1, 0.15) is 99.3 Å². The van der Waals surface area contributed by atoms with Gasteiger partial charge in [0.15, 0.2) is 0 Å². The fourth-order valence-corrected chi connectivity index (χ4v) is 8.02. The van der Waals surface area contributed by atoms with Crippen molar-refractivity contribution in [3.63, 3.8) is 0 Å². The molecule has 29 heavy (non-hydrogen) atoms. The average Bonchev–Trinajstić information content (AvgIpc) is 3.03. The molecular formula is C28H46O. The number of aliphatic hydroxyl groups excluding tert-OH is 1. The van der Waals surface area contributed by atoms with Crippen LogP contribution in [0.3, 0.4) is 0 Å². The van der Waals surface area contributed by atoms with Crippen molar-refractivity contribution < 1.29 is 5.11 Å². The second-order valence-electron chi connectivity index (χ2n) is 12.3. The molecule has 164 valence electrons. The molecule has 0 spiro atoms. The number of aliphatic hydroxyl groups is 1. The lowest BCUT2D eigenvalue weighted by atomic mass is 9.50. The lowest BCUT2D eigenvalue weighted by Crippen LogP contribution is -2.46. The molecular weight excluding hydrogens is 352 g/mol. The predicted molar refractivity (Wildman–Crippen MR) is 124 cm³/mol. The largest absolute Gasteiger partial charge is 0.393 e. The zero-order chi connectivity index (χ0) is 21.0. The molecule has 1 heteroatoms. The van der Waals surface area contributed by atoms with Crippen molar-refractivity contribution in [1.29, 1.82) is 0 Å². The summed E-state index contributed by atoms with van der Waals surface area (Å²) in [7, 11) is 0. The van der Waals surface area contributed by atoms with Crippen LogP contribution in [0.15, 0.2) is 23.3 Å². The van der Waals surface area contributed by atoms with Crippen LogP contribution in [-0.4, -0.2) is 11.2 Å². The van der Waals surface area contributed by atoms with Crippen LogP contribution >= 0.6 is 0 Å². The third kappa shape index (κ3) is 3.58. The Morgan fingerprint density at radius 3 is 2.41 bits per heavy atom. The van der Waals surface area contributed by atoms with Gasteiger partial charge in [0.05, 0.1) is 6.10 Å². The molecule has 3 saturated carbocycles. The van der Waals surface area contributed by atoms with Gasteiger partial charge in [0.1, 0.15) is 0 Å². The molecule has 0 amide bonds. The fraction of sp³-hybridized carbons (Fsp3) is 0.857. The predicted octanol–water partition coefficient (Wildman–Crippen LogP) is 7.55. The van der Waals surface area contributed by atoms with E-state index in [9.17, 15) is 5.11 Å². The van der Waals surface area contributed by atoms with E-state index in [2.05, 4.69) is 53.7 Å². The Labute approximate surface area is 180 Å². The third-order valence-corrected chi connectivity index (χ3v) is 10.5. The zero-order valence-corrected chi connectivity index (χ0v) is 20.0. The Bertz CT molecular complexity index is 672. The van der Waals surface area contributed by atoms with E-state index in [0.29, 0.717) is 10.8 Å². The highest BCUT2D eigenvalue weighted by molar-refractivity contribution is 5.38. The molecule has 0 saturated heterocycles. The maximum atomic E-state index is 10.2. The lowest BCUT2D eigenvalue weighted by Gasteiger charge is -2.55. The lowest BCUT2D eigenvalue weighted by molar-refractivity contribution is 0.0317. The summed E-state index contributed by atoms with van der Waals surface area (Å²) in [4.78, 5) is 0. The van der Waals surface area contributed by atoms with E-state index in [4.69, 9.17) is 0 Å². The van der Waals surface area contributed by atoms with E-state index in [0.717, 1.165) is 48.3 Å². The molecule has 0 heterocycles. The van der Waals surface area contributed by atoms with E-state index in [1.807, 2.05) is 0 Å². The summed E-state index contributed by atoms with van der Waals surface area (Å²) in [5, 5.41) is 10.2. The molecule has 0 aromatic rings. The van der Waals surface area contributed by atoms with Gasteiger partial charge in [-0.2, -0.15) is 0 Å². The van der Waals surface area contributed by atoms with Crippen LogP contribution in [-0.2, 0) is 0 Å². The summed E-state index contributed by atoms with van der Waals surface area (Å²) in [6.45, 7) is 14.9. The van der Waals surface area contributed by atoms with Crippen molar-refractivity contribution in [2.45, 2.75) is 105 Å². The highest BCUT2D eigenvalue weighted by atomic mass is 16.3. The summed E-state index contributed by atoms with van der Waals surface area (Å²) in [6.07, 6.45) is 16.4. The average molecular weight is 399 g/mol. The van der Waals surface area contributed by atoms with Crippen LogP contribution in [0.2, 0.25) is 0 Å². The number of hydrogen-bond acceptors (Lipinski definition) is 1. The molecule has 0 aromatic heterocycles. The highest BCUT2D eigenvalue weighted by Gasteiger charge is 2.56. The molecule has 0 bridgehead atoms. The van der Waals surface area contributed by atoms with Crippen LogP contribution in [0.4, 0.5) is 0 Å². The van der Waals surface area contributed by atoms with Crippen molar-refractivity contribution in [1.82, 2.24) is 0 Å². The molecule has 1 nitrogen and oxygen atoms in total. The summed E-state index contributed by atoms with van der Waals surface area (Å²) in [5.74, 6) is 4.97. The Kier molecular flexibility index (Phi) is 5.86. The number of fused-ring (bicyclic) bond motifs is 5. The molecule has 7 unspecified atom stereocenters. The Morgan fingerprint density at radius 2 is 1.69 bits per heavy atom. The molecule has 3 fully saturated rings. The second-order valence-corrected chi connectivity index (χ2v) is 12.3. The van der Waals surface area contributed by atoms with Gasteiger partial charge in [0.2, 0.25) is 0 Å². The van der Waals surface area contributed by atoms with Crippen LogP contribution in [0.5, 0.6) is 0 Å². The molecule has 0 aliphatic heterocycles. The van der Waals surface area contributed by atoms with Gasteiger partial charge in [0, 0.05) is 0 Å². The topological polar surface area (TPSA) is 20.2 Å².